The Bertz CT molecular complexity index is 1180. The molecule has 0 saturated carbocycles. The van der Waals surface area contributed by atoms with Gasteiger partial charge in [0.15, 0.2) is 11.8 Å². The van der Waals surface area contributed by atoms with Crippen molar-refractivity contribution in [3.63, 3.8) is 0 Å². The minimum Gasteiger partial charge on any atom is -0.479 e. The first kappa shape index (κ1) is 24.9. The highest BCUT2D eigenvalue weighted by Crippen LogP contribution is 2.23. The number of H-pyrrole nitrogens is 1. The normalized spacial score (nSPS) is 11.8. The van der Waals surface area contributed by atoms with Gasteiger partial charge in [-0.2, -0.15) is 5.10 Å². The van der Waals surface area contributed by atoms with Gasteiger partial charge in [-0.05, 0) is 28.8 Å². The van der Waals surface area contributed by atoms with Crippen molar-refractivity contribution in [2.45, 2.75) is 12.6 Å². The van der Waals surface area contributed by atoms with Crippen LogP contribution in [0.1, 0.15) is 26.5 Å². The van der Waals surface area contributed by atoms with Gasteiger partial charge in [0.25, 0.3) is 11.8 Å². The van der Waals surface area contributed by atoms with Crippen molar-refractivity contribution < 1.29 is 24.6 Å². The summed E-state index contributed by atoms with van der Waals surface area (Å²) in [6, 6.07) is 16.1. The lowest BCUT2D eigenvalue weighted by molar-refractivity contribution is -0.148. The van der Waals surface area contributed by atoms with Crippen LogP contribution < -0.4 is 5.43 Å². The lowest BCUT2D eigenvalue weighted by Crippen LogP contribution is -2.47. The van der Waals surface area contributed by atoms with Crippen molar-refractivity contribution in [1.29, 1.82) is 0 Å². The van der Waals surface area contributed by atoms with Crippen LogP contribution in [0.25, 0.3) is 11.1 Å². The second kappa shape index (κ2) is 10.9. The Hall–Kier alpha value is -3.73. The number of carbonyl (C=O) groups excluding carboxylic acids is 2. The Kier molecular flexibility index (Phi) is 8.00. The first-order valence-corrected chi connectivity index (χ1v) is 10.6. The van der Waals surface area contributed by atoms with Gasteiger partial charge in [0, 0.05) is 31.7 Å². The monoisotopic (exact) mass is 485 g/mol. The van der Waals surface area contributed by atoms with Gasteiger partial charge in [-0.1, -0.05) is 48.0 Å². The number of carboxylic acid groups (broad SMARTS) is 1. The SMILES string of the molecule is CN(C)C(=O)c1cc(C(=O)NN(Cc2ccc(-c3cccc(Cl)c3)cc2)C[C@@H](O)C(=O)O)n[nH]1. The van der Waals surface area contributed by atoms with E-state index >= 15 is 0 Å². The van der Waals surface area contributed by atoms with Crippen LogP contribution in [-0.4, -0.2) is 74.8 Å². The Morgan fingerprint density at radius 1 is 1.09 bits per heavy atom. The summed E-state index contributed by atoms with van der Waals surface area (Å²) in [5.74, 6) is -2.44. The molecule has 0 aliphatic rings. The Labute approximate surface area is 200 Å². The van der Waals surface area contributed by atoms with Gasteiger partial charge in [-0.25, -0.2) is 9.80 Å². The molecule has 3 aromatic rings. The fourth-order valence-corrected chi connectivity index (χ4v) is 3.31. The molecule has 0 spiro atoms. The predicted molar refractivity (Wildman–Crippen MR) is 125 cm³/mol. The molecule has 34 heavy (non-hydrogen) atoms. The second-order valence-electron chi connectivity index (χ2n) is 7.75. The minimum atomic E-state index is -1.73. The number of benzene rings is 2. The lowest BCUT2D eigenvalue weighted by atomic mass is 10.0. The van der Waals surface area contributed by atoms with Crippen LogP contribution in [0.4, 0.5) is 0 Å². The number of aromatic amines is 1. The molecule has 1 aromatic heterocycles. The van der Waals surface area contributed by atoms with Gasteiger partial charge in [-0.15, -0.1) is 0 Å². The maximum atomic E-state index is 12.7. The number of carboxylic acids is 1. The average molecular weight is 486 g/mol. The molecule has 11 heteroatoms. The summed E-state index contributed by atoms with van der Waals surface area (Å²) in [5.41, 5.74) is 5.25. The van der Waals surface area contributed by atoms with E-state index in [0.717, 1.165) is 16.7 Å². The van der Waals surface area contributed by atoms with Crippen LogP contribution >= 0.6 is 11.6 Å². The molecule has 178 valence electrons. The van der Waals surface area contributed by atoms with Crippen LogP contribution in [0, 0.1) is 0 Å². The number of rotatable bonds is 9. The number of hydrogen-bond acceptors (Lipinski definition) is 6. The minimum absolute atomic E-state index is 0.0590. The molecule has 0 saturated heterocycles. The summed E-state index contributed by atoms with van der Waals surface area (Å²) in [7, 11) is 3.13. The van der Waals surface area contributed by atoms with E-state index in [2.05, 4.69) is 15.6 Å². The van der Waals surface area contributed by atoms with Gasteiger partial charge < -0.3 is 15.1 Å². The molecule has 2 amide bonds. The summed E-state index contributed by atoms with van der Waals surface area (Å²) >= 11 is 6.06. The van der Waals surface area contributed by atoms with Crippen molar-refractivity contribution >= 4 is 29.4 Å². The number of amides is 2. The number of aliphatic hydroxyl groups excluding tert-OH is 1. The largest absolute Gasteiger partial charge is 0.479 e. The molecule has 1 heterocycles. The highest BCUT2D eigenvalue weighted by atomic mass is 35.5. The van der Waals surface area contributed by atoms with E-state index in [1.807, 2.05) is 42.5 Å². The van der Waals surface area contributed by atoms with Crippen molar-refractivity contribution in [3.8, 4) is 11.1 Å². The predicted octanol–water partition coefficient (Wildman–Crippen LogP) is 2.02. The second-order valence-corrected chi connectivity index (χ2v) is 8.19. The maximum absolute atomic E-state index is 12.7. The van der Waals surface area contributed by atoms with E-state index in [4.69, 9.17) is 16.7 Å². The molecule has 1 atom stereocenters. The number of nitrogens with zero attached hydrogens (tertiary/aromatic N) is 3. The van der Waals surface area contributed by atoms with Gasteiger partial charge >= 0.3 is 5.97 Å². The number of carbonyl (C=O) groups is 3. The summed E-state index contributed by atoms with van der Waals surface area (Å²) < 4.78 is 0. The van der Waals surface area contributed by atoms with Crippen LogP contribution in [0.15, 0.2) is 54.6 Å². The molecule has 0 aliphatic carbocycles. The summed E-state index contributed by atoms with van der Waals surface area (Å²) in [5, 5.41) is 27.2. The quantitative estimate of drug-likeness (QED) is 0.340. The number of aromatic nitrogens is 2. The highest BCUT2D eigenvalue weighted by molar-refractivity contribution is 6.30. The highest BCUT2D eigenvalue weighted by Gasteiger charge is 2.22. The van der Waals surface area contributed by atoms with Crippen LogP contribution in [0.2, 0.25) is 5.02 Å². The average Bonchev–Trinajstić information content (AvgIpc) is 3.29. The lowest BCUT2D eigenvalue weighted by Gasteiger charge is -2.24. The van der Waals surface area contributed by atoms with Gasteiger partial charge in [-0.3, -0.25) is 20.1 Å². The maximum Gasteiger partial charge on any atom is 0.333 e. The molecule has 0 radical (unpaired) electrons. The van der Waals surface area contributed by atoms with Crippen LogP contribution in [0.5, 0.6) is 0 Å². The van der Waals surface area contributed by atoms with Crippen molar-refractivity contribution in [2.24, 2.45) is 0 Å². The molecule has 10 nitrogen and oxygen atoms in total. The van der Waals surface area contributed by atoms with E-state index in [0.29, 0.717) is 5.02 Å². The molecular weight excluding hydrogens is 462 g/mol. The molecule has 2 aromatic carbocycles. The molecule has 3 rings (SSSR count). The zero-order chi connectivity index (χ0) is 24.8. The summed E-state index contributed by atoms with van der Waals surface area (Å²) in [6.07, 6.45) is -1.73. The summed E-state index contributed by atoms with van der Waals surface area (Å²) in [4.78, 5) is 37.2. The molecule has 0 fully saturated rings. The van der Waals surface area contributed by atoms with E-state index in [9.17, 15) is 19.5 Å². The third-order valence-corrected chi connectivity index (χ3v) is 5.11. The first-order valence-electron chi connectivity index (χ1n) is 10.2. The van der Waals surface area contributed by atoms with Gasteiger partial charge in [0.05, 0.1) is 6.54 Å². The molecular formula is C23H24ClN5O5. The van der Waals surface area contributed by atoms with Crippen molar-refractivity contribution in [3.05, 3.63) is 76.6 Å². The van der Waals surface area contributed by atoms with E-state index in [1.165, 1.54) is 16.0 Å². The number of halogens is 1. The number of hydrazine groups is 1. The first-order chi connectivity index (χ1) is 16.1. The topological polar surface area (TPSA) is 139 Å². The molecule has 0 aliphatic heterocycles. The van der Waals surface area contributed by atoms with E-state index in [-0.39, 0.29) is 30.4 Å². The molecule has 0 unspecified atom stereocenters. The standard InChI is InChI=1S/C23H24ClN5O5/c1-28(2)22(32)19-11-18(25-26-19)21(31)27-29(13-20(30)23(33)34)12-14-6-8-15(9-7-14)16-4-3-5-17(24)10-16/h3-11,20,30H,12-13H2,1-2H3,(H,25,26)(H,27,31)(H,33,34)/t20-/m1/s1. The van der Waals surface area contributed by atoms with Gasteiger partial charge in [0.1, 0.15) is 5.69 Å². The smallest absolute Gasteiger partial charge is 0.333 e. The van der Waals surface area contributed by atoms with Crippen molar-refractivity contribution in [1.82, 2.24) is 25.5 Å². The number of aliphatic carboxylic acids is 1. The third-order valence-electron chi connectivity index (χ3n) is 4.87. The Morgan fingerprint density at radius 2 is 1.79 bits per heavy atom. The van der Waals surface area contributed by atoms with E-state index < -0.39 is 18.0 Å². The van der Waals surface area contributed by atoms with Crippen LogP contribution in [-0.2, 0) is 11.3 Å². The number of nitrogens with one attached hydrogen (secondary N) is 2. The van der Waals surface area contributed by atoms with Crippen molar-refractivity contribution in [2.75, 3.05) is 20.6 Å². The van der Waals surface area contributed by atoms with E-state index in [1.54, 1.807) is 20.2 Å². The number of aliphatic hydroxyl groups is 1. The fraction of sp³-hybridized carbons (Fsp3) is 0.217. The Balaban J connectivity index is 1.75. The third kappa shape index (κ3) is 6.41. The fourth-order valence-electron chi connectivity index (χ4n) is 3.12. The molecule has 0 bridgehead atoms. The summed E-state index contributed by atoms with van der Waals surface area (Å²) in [6.45, 7) is -0.259. The zero-order valence-corrected chi connectivity index (χ0v) is 19.3. The Morgan fingerprint density at radius 3 is 2.41 bits per heavy atom. The van der Waals surface area contributed by atoms with Gasteiger partial charge in [0.2, 0.25) is 0 Å². The van der Waals surface area contributed by atoms with Crippen LogP contribution in [0.3, 0.4) is 0 Å². The molecule has 4 N–H and O–H groups in total. The number of hydrogen-bond donors (Lipinski definition) is 4. The zero-order valence-electron chi connectivity index (χ0n) is 18.5.